The van der Waals surface area contributed by atoms with Gasteiger partial charge in [-0.25, -0.2) is 14.6 Å². The lowest BCUT2D eigenvalue weighted by Crippen LogP contribution is -2.31. The first-order valence-electron chi connectivity index (χ1n) is 10.8. The van der Waals surface area contributed by atoms with E-state index >= 15 is 0 Å². The van der Waals surface area contributed by atoms with Crippen LogP contribution in [0.2, 0.25) is 0 Å². The van der Waals surface area contributed by atoms with E-state index in [0.717, 1.165) is 37.0 Å². The van der Waals surface area contributed by atoms with Crippen LogP contribution >= 0.6 is 0 Å². The number of rotatable bonds is 3. The minimum Gasteiger partial charge on any atom is -0.437 e. The second kappa shape index (κ2) is 13.6. The molecule has 0 unspecified atom stereocenters. The monoisotopic (exact) mass is 400 g/mol. The number of pyridine rings is 1. The third-order valence-corrected chi connectivity index (χ3v) is 4.24. The predicted octanol–water partition coefficient (Wildman–Crippen LogP) is 5.36. The van der Waals surface area contributed by atoms with Crippen LogP contribution in [-0.2, 0) is 0 Å². The molecule has 1 aliphatic heterocycles. The first-order chi connectivity index (χ1) is 14.3. The van der Waals surface area contributed by atoms with Crippen LogP contribution in [0.25, 0.3) is 11.0 Å². The molecule has 0 aromatic carbocycles. The van der Waals surface area contributed by atoms with Crippen LogP contribution < -0.4 is 4.74 Å². The van der Waals surface area contributed by atoms with E-state index in [1.807, 2.05) is 58.4 Å². The van der Waals surface area contributed by atoms with E-state index < -0.39 is 0 Å². The van der Waals surface area contributed by atoms with Crippen LogP contribution in [0.3, 0.4) is 0 Å². The van der Waals surface area contributed by atoms with Gasteiger partial charge in [-0.15, -0.1) is 0 Å². The number of ether oxygens (including phenoxy) is 1. The number of piperidine rings is 1. The third-order valence-electron chi connectivity index (χ3n) is 4.24. The van der Waals surface area contributed by atoms with E-state index in [0.29, 0.717) is 17.7 Å². The van der Waals surface area contributed by atoms with E-state index in [9.17, 15) is 0 Å². The quantitative estimate of drug-likeness (QED) is 0.589. The molecule has 1 saturated heterocycles. The van der Waals surface area contributed by atoms with E-state index in [1.165, 1.54) is 6.33 Å². The molecule has 0 spiro atoms. The second-order valence-electron chi connectivity index (χ2n) is 5.83. The number of nitrogens with zero attached hydrogens (tertiary/aromatic N) is 6. The molecule has 1 fully saturated rings. The summed E-state index contributed by atoms with van der Waals surface area (Å²) in [5, 5.41) is 5.38. The van der Waals surface area contributed by atoms with E-state index in [4.69, 9.17) is 4.74 Å². The normalized spacial score (nSPS) is 13.9. The number of likely N-dealkylation sites (tertiary alicyclic amines) is 1. The van der Waals surface area contributed by atoms with Gasteiger partial charge in [0.15, 0.2) is 5.65 Å². The molecule has 0 saturated carbocycles. The predicted molar refractivity (Wildman–Crippen MR) is 119 cm³/mol. The van der Waals surface area contributed by atoms with Crippen molar-refractivity contribution in [3.63, 3.8) is 0 Å². The van der Waals surface area contributed by atoms with Crippen LogP contribution in [0.5, 0.6) is 11.6 Å². The minimum atomic E-state index is 0.379. The Balaban J connectivity index is 0.000000644. The fraction of sp³-hybridized carbons (Fsp3) is 0.545. The SMILES string of the molecule is CC.CC.CC.CN1CCC(n2ncc3c(Oc4cccnc4)ncnc32)CC1. The summed E-state index contributed by atoms with van der Waals surface area (Å²) in [7, 11) is 2.15. The zero-order valence-electron chi connectivity index (χ0n) is 19.0. The van der Waals surface area contributed by atoms with Crippen molar-refractivity contribution in [2.75, 3.05) is 20.1 Å². The molecule has 0 N–H and O–H groups in total. The molecule has 0 bridgehead atoms. The summed E-state index contributed by atoms with van der Waals surface area (Å²) in [5.41, 5.74) is 0.827. The Hall–Kier alpha value is -2.54. The molecule has 7 heteroatoms. The third kappa shape index (κ3) is 6.49. The summed E-state index contributed by atoms with van der Waals surface area (Å²) in [6.45, 7) is 14.2. The first kappa shape index (κ1) is 24.5. The summed E-state index contributed by atoms with van der Waals surface area (Å²) in [4.78, 5) is 15.1. The number of hydrogen-bond acceptors (Lipinski definition) is 6. The van der Waals surface area contributed by atoms with Crippen molar-refractivity contribution in [2.45, 2.75) is 60.4 Å². The lowest BCUT2D eigenvalue weighted by atomic mass is 10.1. The van der Waals surface area contributed by atoms with Crippen molar-refractivity contribution in [1.82, 2.24) is 29.6 Å². The standard InChI is InChI=1S/C16H18N6O.3C2H6/c1-21-7-4-12(5-8-21)22-15-14(10-20-22)16(19-11-18-15)23-13-3-2-6-17-9-13;3*1-2/h2-3,6,9-12H,4-5,7-8H2,1H3;3*1-2H3. The highest BCUT2D eigenvalue weighted by molar-refractivity contribution is 5.80. The number of aromatic nitrogens is 5. The highest BCUT2D eigenvalue weighted by Gasteiger charge is 2.22. The van der Waals surface area contributed by atoms with Gasteiger partial charge < -0.3 is 9.64 Å². The second-order valence-corrected chi connectivity index (χ2v) is 5.83. The highest BCUT2D eigenvalue weighted by Crippen LogP contribution is 2.29. The minimum absolute atomic E-state index is 0.379. The van der Waals surface area contributed by atoms with Crippen molar-refractivity contribution < 1.29 is 4.74 Å². The summed E-state index contributed by atoms with van der Waals surface area (Å²) < 4.78 is 7.85. The molecule has 0 radical (unpaired) electrons. The van der Waals surface area contributed by atoms with Gasteiger partial charge in [0.05, 0.1) is 18.4 Å². The Morgan fingerprint density at radius 2 is 1.66 bits per heavy atom. The Labute approximate surface area is 175 Å². The average molecular weight is 401 g/mol. The molecule has 1 aliphatic rings. The molecule has 7 nitrogen and oxygen atoms in total. The zero-order valence-corrected chi connectivity index (χ0v) is 19.0. The van der Waals surface area contributed by atoms with Gasteiger partial charge >= 0.3 is 0 Å². The smallest absolute Gasteiger partial charge is 0.233 e. The van der Waals surface area contributed by atoms with Gasteiger partial charge in [-0.05, 0) is 45.1 Å². The number of fused-ring (bicyclic) bond motifs is 1. The molecule has 29 heavy (non-hydrogen) atoms. The Bertz CT molecular complexity index is 797. The van der Waals surface area contributed by atoms with Crippen molar-refractivity contribution >= 4 is 11.0 Å². The molecule has 0 aliphatic carbocycles. The maximum absolute atomic E-state index is 5.83. The molecule has 160 valence electrons. The van der Waals surface area contributed by atoms with Gasteiger partial charge in [0.2, 0.25) is 5.88 Å². The van der Waals surface area contributed by atoms with Crippen molar-refractivity contribution in [1.29, 1.82) is 0 Å². The zero-order chi connectivity index (χ0) is 21.6. The molecule has 0 atom stereocenters. The summed E-state index contributed by atoms with van der Waals surface area (Å²) in [6, 6.07) is 4.06. The maximum Gasteiger partial charge on any atom is 0.233 e. The lowest BCUT2D eigenvalue weighted by molar-refractivity contribution is 0.215. The largest absolute Gasteiger partial charge is 0.437 e. The van der Waals surface area contributed by atoms with Gasteiger partial charge in [0.25, 0.3) is 0 Å². The number of hydrogen-bond donors (Lipinski definition) is 0. The van der Waals surface area contributed by atoms with Crippen molar-refractivity contribution in [3.05, 3.63) is 37.1 Å². The van der Waals surface area contributed by atoms with Crippen LogP contribution in [0, 0.1) is 0 Å². The molecular weight excluding hydrogens is 364 g/mol. The van der Waals surface area contributed by atoms with Crippen molar-refractivity contribution in [3.8, 4) is 11.6 Å². The van der Waals surface area contributed by atoms with E-state index in [1.54, 1.807) is 18.6 Å². The molecule has 3 aromatic heterocycles. The van der Waals surface area contributed by atoms with Gasteiger partial charge in [-0.2, -0.15) is 5.10 Å². The molecular formula is C22H36N6O. The first-order valence-corrected chi connectivity index (χ1v) is 10.8. The lowest BCUT2D eigenvalue weighted by Gasteiger charge is -2.29. The maximum atomic E-state index is 5.83. The van der Waals surface area contributed by atoms with Crippen LogP contribution in [0.1, 0.15) is 60.4 Å². The van der Waals surface area contributed by atoms with Gasteiger partial charge in [-0.1, -0.05) is 41.5 Å². The van der Waals surface area contributed by atoms with Crippen LogP contribution in [0.15, 0.2) is 37.1 Å². The van der Waals surface area contributed by atoms with Crippen LogP contribution in [0.4, 0.5) is 0 Å². The fourth-order valence-corrected chi connectivity index (χ4v) is 2.95. The molecule has 4 heterocycles. The van der Waals surface area contributed by atoms with Crippen LogP contribution in [-0.4, -0.2) is 49.8 Å². The molecule has 3 aromatic rings. The summed E-state index contributed by atoms with van der Waals surface area (Å²) in [5.74, 6) is 1.17. The topological polar surface area (TPSA) is 69.0 Å². The average Bonchev–Trinajstić information content (AvgIpc) is 3.24. The Kier molecular flexibility index (Phi) is 11.5. The van der Waals surface area contributed by atoms with Crippen molar-refractivity contribution in [2.24, 2.45) is 0 Å². The highest BCUT2D eigenvalue weighted by atomic mass is 16.5. The van der Waals surface area contributed by atoms with Gasteiger partial charge in [0, 0.05) is 6.20 Å². The summed E-state index contributed by atoms with van der Waals surface area (Å²) >= 11 is 0. The molecule has 0 amide bonds. The van der Waals surface area contributed by atoms with E-state index in [-0.39, 0.29) is 0 Å². The van der Waals surface area contributed by atoms with E-state index in [2.05, 4.69) is 32.0 Å². The van der Waals surface area contributed by atoms with Gasteiger partial charge in [-0.3, -0.25) is 4.98 Å². The fourth-order valence-electron chi connectivity index (χ4n) is 2.95. The molecule has 4 rings (SSSR count). The van der Waals surface area contributed by atoms with Gasteiger partial charge in [0.1, 0.15) is 17.5 Å². The summed E-state index contributed by atoms with van der Waals surface area (Å²) in [6.07, 6.45) is 8.85. The Morgan fingerprint density at radius 3 is 2.28 bits per heavy atom. The Morgan fingerprint density at radius 1 is 0.966 bits per heavy atom.